The highest BCUT2D eigenvalue weighted by atomic mass is 32.2. The van der Waals surface area contributed by atoms with E-state index in [4.69, 9.17) is 0 Å². The van der Waals surface area contributed by atoms with Crippen LogP contribution in [0.25, 0.3) is 0 Å². The number of aryl methyl sites for hydroxylation is 1. The molecule has 2 unspecified atom stereocenters. The van der Waals surface area contributed by atoms with E-state index in [-0.39, 0.29) is 29.6 Å². The third-order valence-corrected chi connectivity index (χ3v) is 9.33. The fourth-order valence-corrected chi connectivity index (χ4v) is 6.17. The van der Waals surface area contributed by atoms with Crippen molar-refractivity contribution in [3.63, 3.8) is 0 Å². The Morgan fingerprint density at radius 2 is 1.38 bits per heavy atom. The SMILES string of the molecule is CCC(C)NC(=O)C(Cc1ccccc1)N(Cc1ccc(F)cc1)C(=O)CN(c1ccc(C)cc1)S(=O)(=O)c1ccc(F)cc1. The molecule has 0 heterocycles. The summed E-state index contributed by atoms with van der Waals surface area (Å²) in [7, 11) is -4.35. The van der Waals surface area contributed by atoms with E-state index in [0.717, 1.165) is 39.7 Å². The number of nitrogens with zero attached hydrogens (tertiary/aromatic N) is 2. The largest absolute Gasteiger partial charge is 0.352 e. The standard InChI is InChI=1S/C35H37F2N3O4S/c1-4-26(3)38-35(42)33(22-27-8-6-5-7-9-27)39(23-28-12-14-29(36)15-13-28)34(41)24-40(31-18-10-25(2)11-19-31)45(43,44)32-20-16-30(37)17-21-32/h5-21,26,33H,4,22-24H2,1-3H3,(H,38,42). The Labute approximate surface area is 263 Å². The summed E-state index contributed by atoms with van der Waals surface area (Å²) in [6.07, 6.45) is 0.818. The van der Waals surface area contributed by atoms with Gasteiger partial charge in [-0.1, -0.05) is 67.1 Å². The highest BCUT2D eigenvalue weighted by Crippen LogP contribution is 2.26. The smallest absolute Gasteiger partial charge is 0.264 e. The average molecular weight is 634 g/mol. The van der Waals surface area contributed by atoms with Crippen LogP contribution in [0.2, 0.25) is 0 Å². The number of carbonyl (C=O) groups excluding carboxylic acids is 2. The van der Waals surface area contributed by atoms with E-state index in [1.54, 1.807) is 24.3 Å². The van der Waals surface area contributed by atoms with Gasteiger partial charge in [0.15, 0.2) is 0 Å². The van der Waals surface area contributed by atoms with Crippen LogP contribution in [0.5, 0.6) is 0 Å². The molecule has 4 aromatic carbocycles. The lowest BCUT2D eigenvalue weighted by molar-refractivity contribution is -0.140. The van der Waals surface area contributed by atoms with E-state index in [9.17, 15) is 26.8 Å². The van der Waals surface area contributed by atoms with Gasteiger partial charge in [-0.05, 0) is 79.9 Å². The molecule has 0 aliphatic heterocycles. The lowest BCUT2D eigenvalue weighted by Crippen LogP contribution is -2.54. The molecule has 236 valence electrons. The minimum atomic E-state index is -4.35. The first kappa shape index (κ1) is 33.3. The molecule has 0 bridgehead atoms. The van der Waals surface area contributed by atoms with Crippen LogP contribution in [0.15, 0.2) is 108 Å². The Morgan fingerprint density at radius 3 is 1.96 bits per heavy atom. The number of sulfonamides is 1. The predicted molar refractivity (Wildman–Crippen MR) is 171 cm³/mol. The van der Waals surface area contributed by atoms with Crippen molar-refractivity contribution in [1.82, 2.24) is 10.2 Å². The van der Waals surface area contributed by atoms with Crippen molar-refractivity contribution < 1.29 is 26.8 Å². The van der Waals surface area contributed by atoms with Crippen LogP contribution in [0.1, 0.15) is 37.0 Å². The number of halogens is 2. The summed E-state index contributed by atoms with van der Waals surface area (Å²) in [5, 5.41) is 2.97. The fraction of sp³-hybridized carbons (Fsp3) is 0.257. The molecule has 2 atom stereocenters. The normalized spacial score (nSPS) is 12.6. The molecule has 7 nitrogen and oxygen atoms in total. The van der Waals surface area contributed by atoms with Crippen molar-refractivity contribution in [2.45, 2.75) is 57.1 Å². The van der Waals surface area contributed by atoms with Gasteiger partial charge in [0.05, 0.1) is 10.6 Å². The van der Waals surface area contributed by atoms with Crippen LogP contribution in [0.3, 0.4) is 0 Å². The van der Waals surface area contributed by atoms with Gasteiger partial charge < -0.3 is 10.2 Å². The Kier molecular flexibility index (Phi) is 11.1. The van der Waals surface area contributed by atoms with E-state index in [1.807, 2.05) is 51.1 Å². The summed E-state index contributed by atoms with van der Waals surface area (Å²) < 4.78 is 56.4. The number of nitrogens with one attached hydrogen (secondary N) is 1. The Morgan fingerprint density at radius 1 is 0.800 bits per heavy atom. The van der Waals surface area contributed by atoms with Crippen LogP contribution in [-0.2, 0) is 32.6 Å². The average Bonchev–Trinajstić information content (AvgIpc) is 3.03. The lowest BCUT2D eigenvalue weighted by atomic mass is 10.0. The molecule has 0 fully saturated rings. The number of anilines is 1. The second kappa shape index (κ2) is 14.9. The zero-order valence-electron chi connectivity index (χ0n) is 25.5. The first-order chi connectivity index (χ1) is 21.5. The van der Waals surface area contributed by atoms with Crippen molar-refractivity contribution in [2.75, 3.05) is 10.8 Å². The van der Waals surface area contributed by atoms with Crippen molar-refractivity contribution in [3.8, 4) is 0 Å². The van der Waals surface area contributed by atoms with Crippen LogP contribution >= 0.6 is 0 Å². The van der Waals surface area contributed by atoms with E-state index in [1.165, 1.54) is 29.2 Å². The van der Waals surface area contributed by atoms with Gasteiger partial charge in [-0.3, -0.25) is 13.9 Å². The number of benzene rings is 4. The van der Waals surface area contributed by atoms with Crippen molar-refractivity contribution in [3.05, 3.63) is 131 Å². The van der Waals surface area contributed by atoms with Gasteiger partial charge in [0, 0.05) is 19.0 Å². The van der Waals surface area contributed by atoms with Gasteiger partial charge in [0.25, 0.3) is 10.0 Å². The highest BCUT2D eigenvalue weighted by Gasteiger charge is 2.35. The molecule has 0 saturated carbocycles. The molecule has 10 heteroatoms. The number of carbonyl (C=O) groups is 2. The number of amides is 2. The first-order valence-electron chi connectivity index (χ1n) is 14.7. The van der Waals surface area contributed by atoms with Crippen LogP contribution in [0.4, 0.5) is 14.5 Å². The second-order valence-electron chi connectivity index (χ2n) is 11.0. The Hall–Kier alpha value is -4.57. The van der Waals surface area contributed by atoms with Gasteiger partial charge >= 0.3 is 0 Å². The van der Waals surface area contributed by atoms with E-state index >= 15 is 0 Å². The van der Waals surface area contributed by atoms with E-state index < -0.39 is 46.1 Å². The highest BCUT2D eigenvalue weighted by molar-refractivity contribution is 7.92. The zero-order valence-corrected chi connectivity index (χ0v) is 26.3. The number of hydrogen-bond acceptors (Lipinski definition) is 4. The van der Waals surface area contributed by atoms with Gasteiger partial charge in [0.2, 0.25) is 11.8 Å². The summed E-state index contributed by atoms with van der Waals surface area (Å²) >= 11 is 0. The fourth-order valence-electron chi connectivity index (χ4n) is 4.76. The molecular formula is C35H37F2N3O4S. The lowest BCUT2D eigenvalue weighted by Gasteiger charge is -2.34. The van der Waals surface area contributed by atoms with E-state index in [0.29, 0.717) is 12.0 Å². The Bertz CT molecular complexity index is 1680. The minimum Gasteiger partial charge on any atom is -0.352 e. The maximum absolute atomic E-state index is 14.4. The Balaban J connectivity index is 1.80. The molecule has 4 rings (SSSR count). The molecule has 1 N–H and O–H groups in total. The molecule has 0 aromatic heterocycles. The molecule has 0 saturated heterocycles. The van der Waals surface area contributed by atoms with Gasteiger partial charge in [-0.25, -0.2) is 17.2 Å². The number of hydrogen-bond donors (Lipinski definition) is 1. The molecule has 2 amide bonds. The van der Waals surface area contributed by atoms with Crippen LogP contribution in [-0.4, -0.2) is 43.8 Å². The molecule has 0 spiro atoms. The molecule has 0 radical (unpaired) electrons. The summed E-state index contributed by atoms with van der Waals surface area (Å²) in [6.45, 7) is 4.91. The maximum atomic E-state index is 14.4. The molecule has 0 aliphatic carbocycles. The van der Waals surface area contributed by atoms with Gasteiger partial charge in [-0.2, -0.15) is 0 Å². The van der Waals surface area contributed by atoms with Crippen molar-refractivity contribution in [1.29, 1.82) is 0 Å². The third kappa shape index (κ3) is 8.76. The van der Waals surface area contributed by atoms with E-state index in [2.05, 4.69) is 5.32 Å². The summed E-state index contributed by atoms with van der Waals surface area (Å²) in [5.74, 6) is -2.10. The van der Waals surface area contributed by atoms with Gasteiger partial charge in [-0.15, -0.1) is 0 Å². The monoisotopic (exact) mass is 633 g/mol. The predicted octanol–water partition coefficient (Wildman–Crippen LogP) is 6.02. The second-order valence-corrected chi connectivity index (χ2v) is 12.8. The summed E-state index contributed by atoms with van der Waals surface area (Å²) in [4.78, 5) is 29.4. The topological polar surface area (TPSA) is 86.8 Å². The van der Waals surface area contributed by atoms with Gasteiger partial charge in [0.1, 0.15) is 24.2 Å². The zero-order chi connectivity index (χ0) is 32.6. The molecule has 4 aromatic rings. The van der Waals surface area contributed by atoms with Crippen LogP contribution in [0, 0.1) is 18.6 Å². The quantitative estimate of drug-likeness (QED) is 0.195. The molecular weight excluding hydrogens is 596 g/mol. The van der Waals surface area contributed by atoms with Crippen molar-refractivity contribution >= 4 is 27.5 Å². The van der Waals surface area contributed by atoms with Crippen molar-refractivity contribution in [2.24, 2.45) is 0 Å². The minimum absolute atomic E-state index is 0.0805. The third-order valence-electron chi connectivity index (χ3n) is 7.54. The molecule has 45 heavy (non-hydrogen) atoms. The molecule has 0 aliphatic rings. The summed E-state index contributed by atoms with van der Waals surface area (Å²) in [6, 6.07) is 24.6. The van der Waals surface area contributed by atoms with Crippen LogP contribution < -0.4 is 9.62 Å². The number of rotatable bonds is 13. The maximum Gasteiger partial charge on any atom is 0.264 e. The summed E-state index contributed by atoms with van der Waals surface area (Å²) in [5.41, 5.74) is 2.46. The first-order valence-corrected chi connectivity index (χ1v) is 16.1.